The summed E-state index contributed by atoms with van der Waals surface area (Å²) in [6.45, 7) is 3.65. The molecule has 0 saturated carbocycles. The number of rotatable bonds is 5. The minimum Gasteiger partial charge on any atom is -0.481 e. The van der Waals surface area contributed by atoms with Crippen LogP contribution in [0.5, 0.6) is 0 Å². The monoisotopic (exact) mass is 160 g/mol. The topological polar surface area (TPSA) is 57.5 Å². The maximum Gasteiger partial charge on any atom is 0.303 e. The Kier molecular flexibility index (Phi) is 4.86. The highest BCUT2D eigenvalue weighted by Crippen LogP contribution is 2.11. The van der Waals surface area contributed by atoms with Gasteiger partial charge in [-0.3, -0.25) is 4.79 Å². The maximum atomic E-state index is 10.1. The van der Waals surface area contributed by atoms with Crippen LogP contribution in [0.4, 0.5) is 0 Å². The molecule has 0 amide bonds. The van der Waals surface area contributed by atoms with Crippen LogP contribution >= 0.6 is 0 Å². The normalized spacial score (nSPS) is 15.9. The average molecular weight is 160 g/mol. The van der Waals surface area contributed by atoms with Crippen molar-refractivity contribution < 1.29 is 15.0 Å². The van der Waals surface area contributed by atoms with Gasteiger partial charge in [-0.15, -0.1) is 0 Å². The molecule has 0 heterocycles. The quantitative estimate of drug-likeness (QED) is 0.636. The first kappa shape index (κ1) is 10.4. The van der Waals surface area contributed by atoms with Crippen molar-refractivity contribution in [2.45, 2.75) is 39.2 Å². The van der Waals surface area contributed by atoms with Crippen LogP contribution in [0.3, 0.4) is 0 Å². The summed E-state index contributed by atoms with van der Waals surface area (Å²) in [5, 5.41) is 17.3. The number of hydrogen-bond acceptors (Lipinski definition) is 2. The highest BCUT2D eigenvalue weighted by Gasteiger charge is 2.08. The van der Waals surface area contributed by atoms with Gasteiger partial charge in [0, 0.05) is 6.42 Å². The zero-order chi connectivity index (χ0) is 8.85. The first-order valence-corrected chi connectivity index (χ1v) is 3.94. The summed E-state index contributed by atoms with van der Waals surface area (Å²) in [4.78, 5) is 10.1. The molecular weight excluding hydrogens is 144 g/mol. The fourth-order valence-electron chi connectivity index (χ4n) is 0.816. The van der Waals surface area contributed by atoms with Crippen LogP contribution in [0, 0.1) is 5.92 Å². The van der Waals surface area contributed by atoms with Crippen LogP contribution in [0.2, 0.25) is 0 Å². The lowest BCUT2D eigenvalue weighted by Crippen LogP contribution is -2.13. The van der Waals surface area contributed by atoms with E-state index in [1.807, 2.05) is 6.92 Å². The highest BCUT2D eigenvalue weighted by atomic mass is 16.4. The second kappa shape index (κ2) is 5.13. The Morgan fingerprint density at radius 2 is 2.00 bits per heavy atom. The van der Waals surface area contributed by atoms with E-state index < -0.39 is 5.97 Å². The van der Waals surface area contributed by atoms with Crippen molar-refractivity contribution in [3.63, 3.8) is 0 Å². The Hall–Kier alpha value is -0.570. The lowest BCUT2D eigenvalue weighted by Gasteiger charge is -2.12. The number of carbonyl (C=O) groups is 1. The molecule has 0 spiro atoms. The number of aliphatic hydroxyl groups excluding tert-OH is 1. The van der Waals surface area contributed by atoms with Gasteiger partial charge in [-0.1, -0.05) is 6.92 Å². The van der Waals surface area contributed by atoms with Crippen LogP contribution in [0.1, 0.15) is 33.1 Å². The zero-order valence-corrected chi connectivity index (χ0v) is 7.08. The molecular formula is C8H16O3. The van der Waals surface area contributed by atoms with E-state index in [1.165, 1.54) is 0 Å². The molecule has 0 aromatic carbocycles. The fraction of sp³-hybridized carbons (Fsp3) is 0.875. The predicted octanol–water partition coefficient (Wildman–Crippen LogP) is 1.26. The van der Waals surface area contributed by atoms with Gasteiger partial charge in [-0.05, 0) is 25.7 Å². The molecule has 3 heteroatoms. The van der Waals surface area contributed by atoms with E-state index in [2.05, 4.69) is 0 Å². The number of carboxylic acids is 1. The summed E-state index contributed by atoms with van der Waals surface area (Å²) in [5.74, 6) is -0.558. The molecule has 0 aromatic heterocycles. The first-order valence-electron chi connectivity index (χ1n) is 3.94. The maximum absolute atomic E-state index is 10.1. The van der Waals surface area contributed by atoms with E-state index in [-0.39, 0.29) is 18.4 Å². The first-order chi connectivity index (χ1) is 5.04. The number of aliphatic hydroxyl groups is 1. The second-order valence-corrected chi connectivity index (χ2v) is 3.00. The molecule has 2 N–H and O–H groups in total. The Morgan fingerprint density at radius 3 is 2.36 bits per heavy atom. The van der Waals surface area contributed by atoms with Crippen molar-refractivity contribution in [2.24, 2.45) is 5.92 Å². The van der Waals surface area contributed by atoms with Crippen LogP contribution < -0.4 is 0 Å². The minimum atomic E-state index is -0.761. The number of carboxylic acid groups (broad SMARTS) is 1. The van der Waals surface area contributed by atoms with Crippen molar-refractivity contribution in [1.29, 1.82) is 0 Å². The summed E-state index contributed by atoms with van der Waals surface area (Å²) in [6.07, 6.45) is 1.31. The van der Waals surface area contributed by atoms with Gasteiger partial charge >= 0.3 is 5.97 Å². The van der Waals surface area contributed by atoms with Crippen LogP contribution in [-0.2, 0) is 4.79 Å². The molecule has 0 aliphatic carbocycles. The van der Waals surface area contributed by atoms with E-state index in [4.69, 9.17) is 10.2 Å². The van der Waals surface area contributed by atoms with E-state index in [1.54, 1.807) is 6.92 Å². The Bertz CT molecular complexity index is 121. The smallest absolute Gasteiger partial charge is 0.303 e. The average Bonchev–Trinajstić information content (AvgIpc) is 1.86. The van der Waals surface area contributed by atoms with E-state index in [0.29, 0.717) is 6.42 Å². The molecule has 0 aliphatic rings. The minimum absolute atomic E-state index is 0.203. The lowest BCUT2D eigenvalue weighted by atomic mass is 9.99. The van der Waals surface area contributed by atoms with Crippen molar-refractivity contribution in [1.82, 2.24) is 0 Å². The molecule has 2 atom stereocenters. The third-order valence-corrected chi connectivity index (χ3v) is 1.87. The summed E-state index contributed by atoms with van der Waals surface area (Å²) < 4.78 is 0. The summed E-state index contributed by atoms with van der Waals surface area (Å²) in [7, 11) is 0. The van der Waals surface area contributed by atoms with Gasteiger partial charge in [-0.2, -0.15) is 0 Å². The van der Waals surface area contributed by atoms with Crippen molar-refractivity contribution in [2.75, 3.05) is 0 Å². The van der Waals surface area contributed by atoms with Crippen LogP contribution in [0.15, 0.2) is 0 Å². The lowest BCUT2D eigenvalue weighted by molar-refractivity contribution is -0.137. The largest absolute Gasteiger partial charge is 0.481 e. The van der Waals surface area contributed by atoms with Crippen LogP contribution in [0.25, 0.3) is 0 Å². The SMILES string of the molecule is CC(O)C(C)CCCC(=O)O. The molecule has 0 bridgehead atoms. The molecule has 0 aliphatic heterocycles. The van der Waals surface area contributed by atoms with Gasteiger partial charge in [-0.25, -0.2) is 0 Å². The van der Waals surface area contributed by atoms with Crippen molar-refractivity contribution in [3.05, 3.63) is 0 Å². The number of hydrogen-bond donors (Lipinski definition) is 2. The second-order valence-electron chi connectivity index (χ2n) is 3.00. The van der Waals surface area contributed by atoms with Crippen molar-refractivity contribution >= 4 is 5.97 Å². The van der Waals surface area contributed by atoms with Gasteiger partial charge in [0.15, 0.2) is 0 Å². The van der Waals surface area contributed by atoms with E-state index >= 15 is 0 Å². The van der Waals surface area contributed by atoms with Crippen LogP contribution in [-0.4, -0.2) is 22.3 Å². The molecule has 0 saturated heterocycles. The van der Waals surface area contributed by atoms with Gasteiger partial charge in [0.2, 0.25) is 0 Å². The van der Waals surface area contributed by atoms with E-state index in [0.717, 1.165) is 6.42 Å². The van der Waals surface area contributed by atoms with Crippen molar-refractivity contribution in [3.8, 4) is 0 Å². The Balaban J connectivity index is 3.31. The third-order valence-electron chi connectivity index (χ3n) is 1.87. The summed E-state index contributed by atoms with van der Waals surface area (Å²) in [6, 6.07) is 0. The fourth-order valence-corrected chi connectivity index (χ4v) is 0.816. The van der Waals surface area contributed by atoms with Gasteiger partial charge in [0.05, 0.1) is 6.10 Å². The molecule has 0 radical (unpaired) electrons. The molecule has 2 unspecified atom stereocenters. The molecule has 3 nitrogen and oxygen atoms in total. The zero-order valence-electron chi connectivity index (χ0n) is 7.08. The molecule has 0 rings (SSSR count). The summed E-state index contributed by atoms with van der Waals surface area (Å²) in [5.41, 5.74) is 0. The van der Waals surface area contributed by atoms with E-state index in [9.17, 15) is 4.79 Å². The molecule has 0 aromatic rings. The molecule has 66 valence electrons. The summed E-state index contributed by atoms with van der Waals surface area (Å²) >= 11 is 0. The standard InChI is InChI=1S/C8H16O3/c1-6(7(2)9)4-3-5-8(10)11/h6-7,9H,3-5H2,1-2H3,(H,10,11). The Morgan fingerprint density at radius 1 is 1.45 bits per heavy atom. The predicted molar refractivity (Wildman–Crippen MR) is 42.3 cm³/mol. The number of aliphatic carboxylic acids is 1. The van der Waals surface area contributed by atoms with Gasteiger partial charge in [0.25, 0.3) is 0 Å². The molecule has 11 heavy (non-hydrogen) atoms. The third kappa shape index (κ3) is 5.85. The van der Waals surface area contributed by atoms with Gasteiger partial charge in [0.1, 0.15) is 0 Å². The highest BCUT2D eigenvalue weighted by molar-refractivity contribution is 5.66. The van der Waals surface area contributed by atoms with Gasteiger partial charge < -0.3 is 10.2 Å². The Labute approximate surface area is 67.0 Å². The molecule has 0 fully saturated rings.